The Balaban J connectivity index is 2.77. The molecule has 0 saturated carbocycles. The normalized spacial score (nSPS) is 12.8. The number of phenols is 1. The average molecular weight is 197 g/mol. The first-order valence-corrected chi connectivity index (χ1v) is 4.89. The third kappa shape index (κ3) is 2.70. The van der Waals surface area contributed by atoms with Gasteiger partial charge in [0.2, 0.25) is 0 Å². The first-order chi connectivity index (χ1) is 6.65. The van der Waals surface area contributed by atoms with Gasteiger partial charge in [0, 0.05) is 11.6 Å². The number of hydrogen-bond donors (Lipinski definition) is 2. The molecule has 1 unspecified atom stereocenters. The Kier molecular flexibility index (Phi) is 3.89. The van der Waals surface area contributed by atoms with Crippen LogP contribution in [0.4, 0.5) is 4.39 Å². The number of benzene rings is 1. The van der Waals surface area contributed by atoms with Crippen LogP contribution in [0.3, 0.4) is 0 Å². The minimum Gasteiger partial charge on any atom is -0.508 e. The molecule has 78 valence electrons. The van der Waals surface area contributed by atoms with Crippen LogP contribution in [0.5, 0.6) is 5.75 Å². The minimum absolute atomic E-state index is 0.0633. The summed E-state index contributed by atoms with van der Waals surface area (Å²) in [6, 6.07) is 3.65. The maximum atomic E-state index is 13.3. The number of aromatic hydroxyl groups is 1. The van der Waals surface area contributed by atoms with Crippen LogP contribution in [0, 0.1) is 5.82 Å². The van der Waals surface area contributed by atoms with Crippen molar-refractivity contribution in [1.29, 1.82) is 0 Å². The summed E-state index contributed by atoms with van der Waals surface area (Å²) in [6.07, 6.45) is 2.75. The summed E-state index contributed by atoms with van der Waals surface area (Å²) in [5, 5.41) is 9.19. The van der Waals surface area contributed by atoms with Crippen molar-refractivity contribution in [3.63, 3.8) is 0 Å². The lowest BCUT2D eigenvalue weighted by atomic mass is 10.0. The highest BCUT2D eigenvalue weighted by atomic mass is 19.1. The fourth-order valence-corrected chi connectivity index (χ4v) is 1.39. The lowest BCUT2D eigenvalue weighted by Gasteiger charge is -2.12. The number of hydrogen-bond acceptors (Lipinski definition) is 2. The Labute approximate surface area is 83.6 Å². The topological polar surface area (TPSA) is 46.2 Å². The Morgan fingerprint density at radius 1 is 1.50 bits per heavy atom. The molecule has 3 heteroatoms. The SMILES string of the molecule is CCCCC(N)c1cc(O)ccc1F. The van der Waals surface area contributed by atoms with E-state index in [9.17, 15) is 9.50 Å². The molecule has 1 rings (SSSR count). The third-order valence-corrected chi connectivity index (χ3v) is 2.25. The zero-order chi connectivity index (χ0) is 10.6. The smallest absolute Gasteiger partial charge is 0.128 e. The average Bonchev–Trinajstić information content (AvgIpc) is 2.18. The van der Waals surface area contributed by atoms with Crippen molar-refractivity contribution in [3.8, 4) is 5.75 Å². The van der Waals surface area contributed by atoms with Crippen molar-refractivity contribution >= 4 is 0 Å². The van der Waals surface area contributed by atoms with Crippen LogP contribution in [0.25, 0.3) is 0 Å². The fraction of sp³-hybridized carbons (Fsp3) is 0.455. The second-order valence-corrected chi connectivity index (χ2v) is 3.45. The minimum atomic E-state index is -0.341. The van der Waals surface area contributed by atoms with Crippen molar-refractivity contribution in [2.45, 2.75) is 32.2 Å². The maximum Gasteiger partial charge on any atom is 0.128 e. The third-order valence-electron chi connectivity index (χ3n) is 2.25. The van der Waals surface area contributed by atoms with Gasteiger partial charge in [-0.3, -0.25) is 0 Å². The van der Waals surface area contributed by atoms with Gasteiger partial charge in [-0.25, -0.2) is 4.39 Å². The highest BCUT2D eigenvalue weighted by Gasteiger charge is 2.11. The van der Waals surface area contributed by atoms with Gasteiger partial charge in [0.05, 0.1) is 0 Å². The summed E-state index contributed by atoms with van der Waals surface area (Å²) >= 11 is 0. The molecule has 0 saturated heterocycles. The second kappa shape index (κ2) is 4.96. The van der Waals surface area contributed by atoms with Gasteiger partial charge < -0.3 is 10.8 Å². The van der Waals surface area contributed by atoms with E-state index >= 15 is 0 Å². The van der Waals surface area contributed by atoms with Crippen LogP contribution in [-0.2, 0) is 0 Å². The first-order valence-electron chi connectivity index (χ1n) is 4.89. The van der Waals surface area contributed by atoms with Gasteiger partial charge in [-0.05, 0) is 24.6 Å². The molecule has 1 aromatic carbocycles. The van der Waals surface area contributed by atoms with Crippen molar-refractivity contribution in [1.82, 2.24) is 0 Å². The van der Waals surface area contributed by atoms with Gasteiger partial charge in [0.1, 0.15) is 11.6 Å². The van der Waals surface area contributed by atoms with Gasteiger partial charge in [0.25, 0.3) is 0 Å². The molecule has 0 amide bonds. The lowest BCUT2D eigenvalue weighted by Crippen LogP contribution is -2.11. The summed E-state index contributed by atoms with van der Waals surface area (Å²) < 4.78 is 13.3. The van der Waals surface area contributed by atoms with Gasteiger partial charge in [-0.2, -0.15) is 0 Å². The largest absolute Gasteiger partial charge is 0.508 e. The van der Waals surface area contributed by atoms with Crippen LogP contribution in [0.2, 0.25) is 0 Å². The standard InChI is InChI=1S/C11H16FNO/c1-2-3-4-11(13)9-7-8(14)5-6-10(9)12/h5-7,11,14H,2-4,13H2,1H3. The van der Waals surface area contributed by atoms with Gasteiger partial charge in [-0.15, -0.1) is 0 Å². The highest BCUT2D eigenvalue weighted by molar-refractivity contribution is 5.30. The molecule has 0 bridgehead atoms. The molecule has 2 nitrogen and oxygen atoms in total. The predicted octanol–water partition coefficient (Wildman–Crippen LogP) is 2.72. The second-order valence-electron chi connectivity index (χ2n) is 3.45. The molecule has 0 aliphatic rings. The molecule has 0 heterocycles. The molecule has 0 radical (unpaired) electrons. The van der Waals surface area contributed by atoms with E-state index in [0.29, 0.717) is 5.56 Å². The molecule has 3 N–H and O–H groups in total. The Morgan fingerprint density at radius 3 is 2.86 bits per heavy atom. The summed E-state index contributed by atoms with van der Waals surface area (Å²) in [7, 11) is 0. The van der Waals surface area contributed by atoms with Crippen LogP contribution < -0.4 is 5.73 Å². The number of halogens is 1. The lowest BCUT2D eigenvalue weighted by molar-refractivity contribution is 0.467. The summed E-state index contributed by atoms with van der Waals surface area (Å²) in [5.41, 5.74) is 6.20. The molecular formula is C11H16FNO. The first kappa shape index (κ1) is 11.0. The van der Waals surface area contributed by atoms with Crippen molar-refractivity contribution in [3.05, 3.63) is 29.6 Å². The number of phenolic OH excluding ortho intramolecular Hbond substituents is 1. The van der Waals surface area contributed by atoms with Crippen LogP contribution >= 0.6 is 0 Å². The van der Waals surface area contributed by atoms with Crippen molar-refractivity contribution in [2.75, 3.05) is 0 Å². The summed E-state index contributed by atoms with van der Waals surface area (Å²) in [4.78, 5) is 0. The summed E-state index contributed by atoms with van der Waals surface area (Å²) in [6.45, 7) is 2.06. The van der Waals surface area contributed by atoms with E-state index in [4.69, 9.17) is 5.73 Å². The van der Waals surface area contributed by atoms with Gasteiger partial charge in [0.15, 0.2) is 0 Å². The summed E-state index contributed by atoms with van der Waals surface area (Å²) in [5.74, 6) is -0.278. The molecular weight excluding hydrogens is 181 g/mol. The van der Waals surface area contributed by atoms with Gasteiger partial charge in [-0.1, -0.05) is 19.8 Å². The zero-order valence-corrected chi connectivity index (χ0v) is 8.33. The Morgan fingerprint density at radius 2 is 2.21 bits per heavy atom. The molecule has 1 atom stereocenters. The van der Waals surface area contributed by atoms with Crippen LogP contribution in [0.1, 0.15) is 37.8 Å². The maximum absolute atomic E-state index is 13.3. The van der Waals surface area contributed by atoms with E-state index in [0.717, 1.165) is 19.3 Å². The highest BCUT2D eigenvalue weighted by Crippen LogP contribution is 2.23. The molecule has 0 fully saturated rings. The molecule has 0 aromatic heterocycles. The van der Waals surface area contributed by atoms with E-state index in [1.807, 2.05) is 0 Å². The van der Waals surface area contributed by atoms with Gasteiger partial charge >= 0.3 is 0 Å². The molecule has 0 aliphatic carbocycles. The number of rotatable bonds is 4. The molecule has 0 aliphatic heterocycles. The van der Waals surface area contributed by atoms with E-state index in [2.05, 4.69) is 6.92 Å². The van der Waals surface area contributed by atoms with Crippen LogP contribution in [-0.4, -0.2) is 5.11 Å². The van der Waals surface area contributed by atoms with E-state index in [-0.39, 0.29) is 17.6 Å². The Hall–Kier alpha value is -1.09. The van der Waals surface area contributed by atoms with Crippen LogP contribution in [0.15, 0.2) is 18.2 Å². The fourth-order valence-electron chi connectivity index (χ4n) is 1.39. The quantitative estimate of drug-likeness (QED) is 0.779. The zero-order valence-electron chi connectivity index (χ0n) is 8.33. The predicted molar refractivity (Wildman–Crippen MR) is 54.5 cm³/mol. The molecule has 0 spiro atoms. The van der Waals surface area contributed by atoms with Crippen molar-refractivity contribution in [2.24, 2.45) is 5.73 Å². The van der Waals surface area contributed by atoms with E-state index in [1.54, 1.807) is 0 Å². The molecule has 1 aromatic rings. The molecule has 14 heavy (non-hydrogen) atoms. The monoisotopic (exact) mass is 197 g/mol. The van der Waals surface area contributed by atoms with E-state index < -0.39 is 0 Å². The Bertz CT molecular complexity index is 301. The van der Waals surface area contributed by atoms with E-state index in [1.165, 1.54) is 18.2 Å². The van der Waals surface area contributed by atoms with Crippen molar-refractivity contribution < 1.29 is 9.50 Å². The number of nitrogens with two attached hydrogens (primary N) is 1. The number of unbranched alkanes of at least 4 members (excludes halogenated alkanes) is 1.